The molecule has 0 atom stereocenters. The largest absolute Gasteiger partial charge is 0.383 e. The number of anilines is 1. The molecule has 0 amide bonds. The summed E-state index contributed by atoms with van der Waals surface area (Å²) in [6, 6.07) is 12.2. The minimum Gasteiger partial charge on any atom is -0.383 e. The molecule has 3 rings (SSSR count). The molecule has 0 radical (unpaired) electrons. The molecule has 0 bridgehead atoms. The van der Waals surface area contributed by atoms with Gasteiger partial charge in [-0.25, -0.2) is 0 Å². The monoisotopic (exact) mass is 264 g/mol. The lowest BCUT2D eigenvalue weighted by Crippen LogP contribution is -1.97. The Balaban J connectivity index is 2.22. The van der Waals surface area contributed by atoms with Crippen LogP contribution in [-0.2, 0) is 7.05 Å². The number of hydrogen-bond acceptors (Lipinski definition) is 3. The molecular formula is C16H16N4. The third-order valence-corrected chi connectivity index (χ3v) is 3.39. The molecule has 100 valence electrons. The second-order valence-electron chi connectivity index (χ2n) is 4.83. The third-order valence-electron chi connectivity index (χ3n) is 3.39. The molecule has 3 aromatic rings. The smallest absolute Gasteiger partial charge is 0.129 e. The van der Waals surface area contributed by atoms with Crippen LogP contribution in [0.4, 0.5) is 5.82 Å². The lowest BCUT2D eigenvalue weighted by molar-refractivity contribution is 0.782. The van der Waals surface area contributed by atoms with Crippen LogP contribution in [0.25, 0.3) is 22.4 Å². The highest BCUT2D eigenvalue weighted by molar-refractivity contribution is 5.87. The Morgan fingerprint density at radius 2 is 1.60 bits per heavy atom. The molecule has 0 spiro atoms. The standard InChI is InChI=1S/C16H16N4/c1-11-3-5-13(6-4-11)15-14(16(17)20(2)19-15)12-7-9-18-10-8-12/h3-10H,17H2,1-2H3. The molecule has 0 saturated carbocycles. The van der Waals surface area contributed by atoms with Crippen molar-refractivity contribution < 1.29 is 0 Å². The van der Waals surface area contributed by atoms with Crippen molar-refractivity contribution in [3.05, 3.63) is 54.4 Å². The van der Waals surface area contributed by atoms with Gasteiger partial charge >= 0.3 is 0 Å². The number of rotatable bonds is 2. The average Bonchev–Trinajstić information content (AvgIpc) is 2.77. The second-order valence-corrected chi connectivity index (χ2v) is 4.83. The zero-order chi connectivity index (χ0) is 14.1. The van der Waals surface area contributed by atoms with Crippen LogP contribution in [0.15, 0.2) is 48.8 Å². The van der Waals surface area contributed by atoms with Crippen LogP contribution in [-0.4, -0.2) is 14.8 Å². The number of aromatic nitrogens is 3. The van der Waals surface area contributed by atoms with E-state index in [0.717, 1.165) is 22.4 Å². The molecule has 0 aliphatic carbocycles. The lowest BCUT2D eigenvalue weighted by Gasteiger charge is -2.04. The first kappa shape index (κ1) is 12.4. The lowest BCUT2D eigenvalue weighted by atomic mass is 10.0. The summed E-state index contributed by atoms with van der Waals surface area (Å²) in [7, 11) is 1.86. The summed E-state index contributed by atoms with van der Waals surface area (Å²) in [5.74, 6) is 0.659. The molecule has 0 saturated heterocycles. The van der Waals surface area contributed by atoms with E-state index in [1.807, 2.05) is 19.2 Å². The second kappa shape index (κ2) is 4.81. The first-order valence-corrected chi connectivity index (χ1v) is 6.46. The van der Waals surface area contributed by atoms with E-state index in [9.17, 15) is 0 Å². The molecule has 0 aliphatic rings. The van der Waals surface area contributed by atoms with Gasteiger partial charge in [0.25, 0.3) is 0 Å². The third kappa shape index (κ3) is 2.05. The van der Waals surface area contributed by atoms with E-state index in [-0.39, 0.29) is 0 Å². The fraction of sp³-hybridized carbons (Fsp3) is 0.125. The van der Waals surface area contributed by atoms with Crippen LogP contribution in [0.3, 0.4) is 0 Å². The normalized spacial score (nSPS) is 10.7. The Hall–Kier alpha value is -2.62. The van der Waals surface area contributed by atoms with E-state index in [2.05, 4.69) is 41.3 Å². The average molecular weight is 264 g/mol. The van der Waals surface area contributed by atoms with Crippen LogP contribution < -0.4 is 5.73 Å². The SMILES string of the molecule is Cc1ccc(-c2nn(C)c(N)c2-c2ccncc2)cc1. The fourth-order valence-corrected chi connectivity index (χ4v) is 2.25. The number of nitrogens with two attached hydrogens (primary N) is 1. The molecule has 1 aromatic carbocycles. The molecular weight excluding hydrogens is 248 g/mol. The van der Waals surface area contributed by atoms with Gasteiger partial charge in [-0.2, -0.15) is 5.10 Å². The number of nitrogen functional groups attached to an aromatic ring is 1. The summed E-state index contributed by atoms with van der Waals surface area (Å²) in [4.78, 5) is 4.05. The molecule has 0 fully saturated rings. The van der Waals surface area contributed by atoms with Crippen molar-refractivity contribution >= 4 is 5.82 Å². The number of aryl methyl sites for hydroxylation is 2. The van der Waals surface area contributed by atoms with Gasteiger partial charge in [0.1, 0.15) is 11.5 Å². The quantitative estimate of drug-likeness (QED) is 0.774. The Morgan fingerprint density at radius 3 is 2.25 bits per heavy atom. The van der Waals surface area contributed by atoms with Gasteiger partial charge in [-0.3, -0.25) is 9.67 Å². The van der Waals surface area contributed by atoms with Crippen molar-refractivity contribution in [3.8, 4) is 22.4 Å². The predicted octanol–water partition coefficient (Wildman–Crippen LogP) is 3.04. The van der Waals surface area contributed by atoms with Crippen LogP contribution in [0.1, 0.15) is 5.56 Å². The van der Waals surface area contributed by atoms with Crippen molar-refractivity contribution in [1.82, 2.24) is 14.8 Å². The number of benzene rings is 1. The summed E-state index contributed by atoms with van der Waals surface area (Å²) in [5, 5.41) is 4.56. The van der Waals surface area contributed by atoms with Crippen molar-refractivity contribution in [2.24, 2.45) is 7.05 Å². The van der Waals surface area contributed by atoms with Crippen molar-refractivity contribution in [1.29, 1.82) is 0 Å². The maximum Gasteiger partial charge on any atom is 0.129 e. The number of nitrogens with zero attached hydrogens (tertiary/aromatic N) is 3. The van der Waals surface area contributed by atoms with Gasteiger partial charge in [0, 0.05) is 25.0 Å². The molecule has 2 N–H and O–H groups in total. The fourth-order valence-electron chi connectivity index (χ4n) is 2.25. The van der Waals surface area contributed by atoms with E-state index in [0.29, 0.717) is 5.82 Å². The summed E-state index contributed by atoms with van der Waals surface area (Å²) in [5.41, 5.74) is 11.4. The molecule has 2 aromatic heterocycles. The van der Waals surface area contributed by atoms with E-state index in [4.69, 9.17) is 5.73 Å². The van der Waals surface area contributed by atoms with Gasteiger partial charge in [0.05, 0.1) is 5.56 Å². The van der Waals surface area contributed by atoms with Crippen molar-refractivity contribution in [3.63, 3.8) is 0 Å². The van der Waals surface area contributed by atoms with Gasteiger partial charge in [-0.15, -0.1) is 0 Å². The summed E-state index contributed by atoms with van der Waals surface area (Å²) < 4.78 is 1.71. The van der Waals surface area contributed by atoms with Gasteiger partial charge < -0.3 is 5.73 Å². The summed E-state index contributed by atoms with van der Waals surface area (Å²) in [6.45, 7) is 2.07. The van der Waals surface area contributed by atoms with E-state index >= 15 is 0 Å². The minimum absolute atomic E-state index is 0.659. The Labute approximate surface area is 117 Å². The zero-order valence-electron chi connectivity index (χ0n) is 11.5. The highest BCUT2D eigenvalue weighted by Gasteiger charge is 2.16. The van der Waals surface area contributed by atoms with Crippen LogP contribution in [0, 0.1) is 6.92 Å². The predicted molar refractivity (Wildman–Crippen MR) is 81.0 cm³/mol. The van der Waals surface area contributed by atoms with Crippen LogP contribution >= 0.6 is 0 Å². The Kier molecular flexibility index (Phi) is 2.99. The van der Waals surface area contributed by atoms with Gasteiger partial charge in [-0.05, 0) is 24.6 Å². The first-order valence-electron chi connectivity index (χ1n) is 6.46. The summed E-state index contributed by atoms with van der Waals surface area (Å²) in [6.07, 6.45) is 3.53. The maximum atomic E-state index is 6.18. The molecule has 0 unspecified atom stereocenters. The molecule has 4 nitrogen and oxygen atoms in total. The first-order chi connectivity index (χ1) is 9.66. The number of pyridine rings is 1. The van der Waals surface area contributed by atoms with E-state index in [1.165, 1.54) is 5.56 Å². The van der Waals surface area contributed by atoms with Crippen LogP contribution in [0.5, 0.6) is 0 Å². The topological polar surface area (TPSA) is 56.7 Å². The van der Waals surface area contributed by atoms with Crippen molar-refractivity contribution in [2.75, 3.05) is 5.73 Å². The molecule has 20 heavy (non-hydrogen) atoms. The van der Waals surface area contributed by atoms with Crippen LogP contribution in [0.2, 0.25) is 0 Å². The zero-order valence-corrected chi connectivity index (χ0v) is 11.5. The van der Waals surface area contributed by atoms with Gasteiger partial charge in [-0.1, -0.05) is 29.8 Å². The van der Waals surface area contributed by atoms with E-state index < -0.39 is 0 Å². The van der Waals surface area contributed by atoms with Crippen molar-refractivity contribution in [2.45, 2.75) is 6.92 Å². The maximum absolute atomic E-state index is 6.18. The van der Waals surface area contributed by atoms with Gasteiger partial charge in [0.2, 0.25) is 0 Å². The Morgan fingerprint density at radius 1 is 0.950 bits per heavy atom. The highest BCUT2D eigenvalue weighted by Crippen LogP contribution is 2.35. The van der Waals surface area contributed by atoms with E-state index in [1.54, 1.807) is 17.1 Å². The molecule has 0 aliphatic heterocycles. The highest BCUT2D eigenvalue weighted by atomic mass is 15.3. The Bertz CT molecular complexity index is 727. The molecule has 2 heterocycles. The number of hydrogen-bond donors (Lipinski definition) is 1. The summed E-state index contributed by atoms with van der Waals surface area (Å²) >= 11 is 0. The molecule has 4 heteroatoms. The minimum atomic E-state index is 0.659. The van der Waals surface area contributed by atoms with Gasteiger partial charge in [0.15, 0.2) is 0 Å².